The topological polar surface area (TPSA) is 128 Å². The van der Waals surface area contributed by atoms with E-state index in [-0.39, 0.29) is 35.3 Å². The quantitative estimate of drug-likeness (QED) is 0.591. The fourth-order valence-electron chi connectivity index (χ4n) is 4.17. The van der Waals surface area contributed by atoms with E-state index in [4.69, 9.17) is 15.2 Å². The van der Waals surface area contributed by atoms with Crippen LogP contribution < -0.4 is 10.5 Å². The van der Waals surface area contributed by atoms with Gasteiger partial charge in [-0.2, -0.15) is 5.26 Å². The van der Waals surface area contributed by atoms with Crippen LogP contribution in [0.25, 0.3) is 0 Å². The Morgan fingerprint density at radius 2 is 1.94 bits per heavy atom. The first-order valence-electron chi connectivity index (χ1n) is 9.65. The number of nitro benzene ring substituents is 1. The first-order chi connectivity index (χ1) is 14.9. The summed E-state index contributed by atoms with van der Waals surface area (Å²) in [5, 5.41) is 20.9. The molecule has 2 N–H and O–H groups in total. The fourth-order valence-corrected chi connectivity index (χ4v) is 4.17. The van der Waals surface area contributed by atoms with Crippen LogP contribution in [-0.4, -0.2) is 17.8 Å². The van der Waals surface area contributed by atoms with Crippen LogP contribution in [0.2, 0.25) is 0 Å². The molecule has 0 bridgehead atoms. The number of nitriles is 1. The number of carbonyl (C=O) groups is 1. The summed E-state index contributed by atoms with van der Waals surface area (Å²) in [6, 6.07) is 15.4. The number of methoxy groups -OCH3 is 1. The van der Waals surface area contributed by atoms with Gasteiger partial charge in [0.05, 0.1) is 18.0 Å². The van der Waals surface area contributed by atoms with Crippen molar-refractivity contribution in [3.63, 3.8) is 0 Å². The number of rotatable bonds is 4. The molecule has 8 nitrogen and oxygen atoms in total. The lowest BCUT2D eigenvalue weighted by atomic mass is 9.73. The maximum absolute atomic E-state index is 13.2. The number of non-ortho nitro benzene ring substituents is 1. The Balaban J connectivity index is 1.76. The second-order valence-corrected chi connectivity index (χ2v) is 7.42. The summed E-state index contributed by atoms with van der Waals surface area (Å²) in [5.74, 6) is -0.0292. The molecular weight excluding hydrogens is 398 g/mol. The zero-order chi connectivity index (χ0) is 22.1. The van der Waals surface area contributed by atoms with Gasteiger partial charge in [0, 0.05) is 30.5 Å². The van der Waals surface area contributed by atoms with Gasteiger partial charge < -0.3 is 15.2 Å². The van der Waals surface area contributed by atoms with Crippen LogP contribution in [-0.2, 0) is 9.53 Å². The van der Waals surface area contributed by atoms with Crippen LogP contribution in [0, 0.1) is 21.4 Å². The van der Waals surface area contributed by atoms with Gasteiger partial charge in [0.1, 0.15) is 23.2 Å². The number of benzene rings is 2. The minimum Gasteiger partial charge on any atom is -0.497 e. The van der Waals surface area contributed by atoms with Crippen molar-refractivity contribution in [3.05, 3.63) is 92.6 Å². The molecule has 31 heavy (non-hydrogen) atoms. The lowest BCUT2D eigenvalue weighted by Gasteiger charge is -2.34. The van der Waals surface area contributed by atoms with Crippen molar-refractivity contribution in [2.45, 2.75) is 24.7 Å². The van der Waals surface area contributed by atoms with Crippen LogP contribution in [0.1, 0.15) is 35.8 Å². The highest BCUT2D eigenvalue weighted by atomic mass is 16.6. The highest BCUT2D eigenvalue weighted by Gasteiger charge is 2.41. The fraction of sp³-hybridized carbons (Fsp3) is 0.217. The monoisotopic (exact) mass is 417 g/mol. The molecule has 1 aliphatic carbocycles. The minimum absolute atomic E-state index is 0.0792. The largest absolute Gasteiger partial charge is 0.497 e. The van der Waals surface area contributed by atoms with Crippen molar-refractivity contribution in [1.29, 1.82) is 5.26 Å². The zero-order valence-corrected chi connectivity index (χ0v) is 16.7. The minimum atomic E-state index is -0.794. The Kier molecular flexibility index (Phi) is 5.17. The number of hydrogen-bond acceptors (Lipinski definition) is 7. The Morgan fingerprint density at radius 1 is 1.19 bits per heavy atom. The van der Waals surface area contributed by atoms with Gasteiger partial charge in [0.2, 0.25) is 5.88 Å². The molecule has 0 spiro atoms. The van der Waals surface area contributed by atoms with E-state index in [2.05, 4.69) is 0 Å². The summed E-state index contributed by atoms with van der Waals surface area (Å²) in [5.41, 5.74) is 7.75. The van der Waals surface area contributed by atoms with Crippen LogP contribution in [0.15, 0.2) is 71.3 Å². The zero-order valence-electron chi connectivity index (χ0n) is 16.7. The molecule has 2 aromatic carbocycles. The number of Topliss-reactive ketones (excluding diaryl/α,β-unsaturated/α-hetero) is 1. The molecule has 2 aromatic rings. The summed E-state index contributed by atoms with van der Waals surface area (Å²) in [6.45, 7) is 0. The highest BCUT2D eigenvalue weighted by Crippen LogP contribution is 2.47. The van der Waals surface area contributed by atoms with Crippen LogP contribution >= 0.6 is 0 Å². The average Bonchev–Trinajstić information content (AvgIpc) is 2.78. The summed E-state index contributed by atoms with van der Waals surface area (Å²) >= 11 is 0. The maximum Gasteiger partial charge on any atom is 0.269 e. The van der Waals surface area contributed by atoms with Gasteiger partial charge in [-0.15, -0.1) is 0 Å². The van der Waals surface area contributed by atoms with Crippen molar-refractivity contribution in [2.24, 2.45) is 5.73 Å². The van der Waals surface area contributed by atoms with Crippen LogP contribution in [0.5, 0.6) is 5.75 Å². The Bertz CT molecular complexity index is 1170. The van der Waals surface area contributed by atoms with Gasteiger partial charge in [-0.05, 0) is 29.2 Å². The maximum atomic E-state index is 13.2. The molecule has 0 aromatic heterocycles. The lowest BCUT2D eigenvalue weighted by Crippen LogP contribution is -2.29. The molecule has 0 radical (unpaired) electrons. The third kappa shape index (κ3) is 3.62. The van der Waals surface area contributed by atoms with E-state index in [0.29, 0.717) is 23.3 Å². The lowest BCUT2D eigenvalue weighted by molar-refractivity contribution is -0.384. The number of ether oxygens (including phenoxy) is 2. The predicted octanol–water partition coefficient (Wildman–Crippen LogP) is 3.81. The summed E-state index contributed by atoms with van der Waals surface area (Å²) in [6.07, 6.45) is 0.663. The Morgan fingerprint density at radius 3 is 2.58 bits per heavy atom. The molecular formula is C23H19N3O5. The second-order valence-electron chi connectivity index (χ2n) is 7.42. The van der Waals surface area contributed by atoms with Crippen molar-refractivity contribution < 1.29 is 19.2 Å². The molecule has 0 saturated carbocycles. The van der Waals surface area contributed by atoms with E-state index in [1.807, 2.05) is 30.3 Å². The van der Waals surface area contributed by atoms with Crippen molar-refractivity contribution in [3.8, 4) is 11.8 Å². The molecule has 0 saturated heterocycles. The molecule has 1 aliphatic heterocycles. The van der Waals surface area contributed by atoms with Gasteiger partial charge in [-0.25, -0.2) is 0 Å². The van der Waals surface area contributed by atoms with E-state index >= 15 is 0 Å². The molecule has 0 unspecified atom stereocenters. The molecule has 0 amide bonds. The normalized spacial score (nSPS) is 20.6. The summed E-state index contributed by atoms with van der Waals surface area (Å²) in [4.78, 5) is 24.0. The number of carbonyl (C=O) groups excluding carboxylic acids is 1. The average molecular weight is 417 g/mol. The standard InChI is InChI=1S/C23H19N3O5/c1-30-17-7-5-13(6-8-17)15-10-19(27)22-20(11-15)31-23(25)18(12-24)21(22)14-3-2-4-16(9-14)26(28)29/h2-9,15,21H,10-11,25H2,1H3/t15-,21-/m0/s1. The molecule has 0 fully saturated rings. The van der Waals surface area contributed by atoms with Gasteiger partial charge in [0.25, 0.3) is 5.69 Å². The van der Waals surface area contributed by atoms with E-state index in [9.17, 15) is 20.2 Å². The molecule has 1 heterocycles. The van der Waals surface area contributed by atoms with Gasteiger partial charge in [-0.1, -0.05) is 24.3 Å². The molecule has 4 rings (SSSR count). The number of allylic oxidation sites excluding steroid dienone is 3. The third-order valence-corrected chi connectivity index (χ3v) is 5.66. The van der Waals surface area contributed by atoms with E-state index in [0.717, 1.165) is 11.3 Å². The second kappa shape index (κ2) is 7.95. The smallest absolute Gasteiger partial charge is 0.269 e. The number of nitrogens with two attached hydrogens (primary N) is 1. The van der Waals surface area contributed by atoms with E-state index in [1.165, 1.54) is 18.2 Å². The van der Waals surface area contributed by atoms with Gasteiger partial charge in [0.15, 0.2) is 5.78 Å². The Labute approximate surface area is 178 Å². The van der Waals surface area contributed by atoms with Crippen molar-refractivity contribution in [2.75, 3.05) is 7.11 Å². The van der Waals surface area contributed by atoms with Crippen LogP contribution in [0.3, 0.4) is 0 Å². The third-order valence-electron chi connectivity index (χ3n) is 5.66. The first kappa shape index (κ1) is 20.2. The van der Waals surface area contributed by atoms with E-state index < -0.39 is 10.8 Å². The molecule has 2 aliphatic rings. The van der Waals surface area contributed by atoms with E-state index in [1.54, 1.807) is 13.2 Å². The van der Waals surface area contributed by atoms with Crippen LogP contribution in [0.4, 0.5) is 5.69 Å². The number of hydrogen-bond donors (Lipinski definition) is 1. The molecule has 2 atom stereocenters. The SMILES string of the molecule is COc1ccc([C@H]2CC(=O)C3=C(C2)OC(N)=C(C#N)[C@@H]3c2cccc([N+](=O)[O-])c2)cc1. The number of ketones is 1. The number of nitro groups is 1. The molecule has 8 heteroatoms. The van der Waals surface area contributed by atoms with Crippen molar-refractivity contribution >= 4 is 11.5 Å². The Hall–Kier alpha value is -4.12. The summed E-state index contributed by atoms with van der Waals surface area (Å²) < 4.78 is 10.9. The predicted molar refractivity (Wildman–Crippen MR) is 111 cm³/mol. The highest BCUT2D eigenvalue weighted by molar-refractivity contribution is 6.00. The first-order valence-corrected chi connectivity index (χ1v) is 9.65. The molecule has 156 valence electrons. The van der Waals surface area contributed by atoms with Crippen molar-refractivity contribution in [1.82, 2.24) is 0 Å². The number of nitrogens with zero attached hydrogens (tertiary/aromatic N) is 2. The van der Waals surface area contributed by atoms with Gasteiger partial charge >= 0.3 is 0 Å². The van der Waals surface area contributed by atoms with Gasteiger partial charge in [-0.3, -0.25) is 14.9 Å². The summed E-state index contributed by atoms with van der Waals surface area (Å²) in [7, 11) is 1.59.